The number of aromatic nitrogens is 3. The van der Waals surface area contributed by atoms with Crippen LogP contribution in [0, 0.1) is 0 Å². The molecule has 2 heterocycles. The minimum atomic E-state index is -0.444. The first-order valence-electron chi connectivity index (χ1n) is 6.24. The van der Waals surface area contributed by atoms with Crippen LogP contribution in [0.25, 0.3) is 10.9 Å². The number of ether oxygens (including phenoxy) is 1. The normalized spacial score (nSPS) is 14.5. The van der Waals surface area contributed by atoms with Crippen LogP contribution >= 0.6 is 11.6 Å². The lowest BCUT2D eigenvalue weighted by atomic mass is 10.1. The first kappa shape index (κ1) is 13.1. The van der Waals surface area contributed by atoms with Gasteiger partial charge in [-0.15, -0.1) is 0 Å². The van der Waals surface area contributed by atoms with Gasteiger partial charge in [-0.2, -0.15) is 5.10 Å². The maximum absolute atomic E-state index is 12.0. The van der Waals surface area contributed by atoms with E-state index in [1.165, 1.54) is 7.11 Å². The fraction of sp³-hybridized carbons (Fsp3) is 0.385. The standard InChI is InChI=1S/C13H12ClN3O3/c1-20-10(18)5-8-12-11(13(19)17-16-8)7(6-2-3-6)4-9(14)15-12/h4,6H,2-3,5H2,1H3,(H,17,19). The molecule has 104 valence electrons. The molecule has 20 heavy (non-hydrogen) atoms. The lowest BCUT2D eigenvalue weighted by molar-refractivity contribution is -0.139. The van der Waals surface area contributed by atoms with Crippen molar-refractivity contribution in [3.63, 3.8) is 0 Å². The van der Waals surface area contributed by atoms with Crippen LogP contribution in [-0.4, -0.2) is 28.3 Å². The highest BCUT2D eigenvalue weighted by Gasteiger charge is 2.28. The summed E-state index contributed by atoms with van der Waals surface area (Å²) in [6.07, 6.45) is 2.01. The molecule has 1 N–H and O–H groups in total. The number of carbonyl (C=O) groups excluding carboxylic acids is 1. The molecular weight excluding hydrogens is 282 g/mol. The zero-order valence-electron chi connectivity index (χ0n) is 10.8. The molecule has 6 nitrogen and oxygen atoms in total. The van der Waals surface area contributed by atoms with Crippen LogP contribution in [-0.2, 0) is 16.0 Å². The Hall–Kier alpha value is -1.95. The van der Waals surface area contributed by atoms with Crippen LogP contribution in [0.2, 0.25) is 5.15 Å². The Balaban J connectivity index is 2.25. The predicted molar refractivity (Wildman–Crippen MR) is 72.9 cm³/mol. The van der Waals surface area contributed by atoms with Crippen molar-refractivity contribution in [2.24, 2.45) is 0 Å². The summed E-state index contributed by atoms with van der Waals surface area (Å²) in [5.74, 6) is -0.104. The predicted octanol–water partition coefficient (Wildman–Crippen LogP) is 1.56. The lowest BCUT2D eigenvalue weighted by Crippen LogP contribution is -2.16. The number of esters is 1. The van der Waals surface area contributed by atoms with Crippen LogP contribution in [0.1, 0.15) is 30.0 Å². The van der Waals surface area contributed by atoms with Crippen molar-refractivity contribution in [1.29, 1.82) is 0 Å². The van der Waals surface area contributed by atoms with E-state index in [1.807, 2.05) is 0 Å². The fourth-order valence-electron chi connectivity index (χ4n) is 2.26. The third-order valence-corrected chi connectivity index (χ3v) is 3.56. The van der Waals surface area contributed by atoms with E-state index in [4.69, 9.17) is 11.6 Å². The van der Waals surface area contributed by atoms with Crippen molar-refractivity contribution < 1.29 is 9.53 Å². The summed E-state index contributed by atoms with van der Waals surface area (Å²) >= 11 is 6.02. The maximum atomic E-state index is 12.0. The van der Waals surface area contributed by atoms with E-state index in [0.717, 1.165) is 18.4 Å². The highest BCUT2D eigenvalue weighted by atomic mass is 35.5. The Kier molecular flexibility index (Phi) is 3.17. The van der Waals surface area contributed by atoms with Gasteiger partial charge in [-0.1, -0.05) is 11.6 Å². The van der Waals surface area contributed by atoms with E-state index in [9.17, 15) is 9.59 Å². The molecule has 1 saturated carbocycles. The number of pyridine rings is 1. The Morgan fingerprint density at radius 3 is 2.95 bits per heavy atom. The summed E-state index contributed by atoms with van der Waals surface area (Å²) in [5.41, 5.74) is 1.33. The largest absolute Gasteiger partial charge is 0.469 e. The number of methoxy groups -OCH3 is 1. The topological polar surface area (TPSA) is 84.9 Å². The SMILES string of the molecule is COC(=O)Cc1n[nH]c(=O)c2c(C3CC3)cc(Cl)nc12. The molecule has 0 aliphatic heterocycles. The van der Waals surface area contributed by atoms with E-state index < -0.39 is 5.97 Å². The molecule has 2 aromatic heterocycles. The highest BCUT2D eigenvalue weighted by molar-refractivity contribution is 6.30. The number of carbonyl (C=O) groups is 1. The van der Waals surface area contributed by atoms with Gasteiger partial charge in [0.15, 0.2) is 0 Å². The van der Waals surface area contributed by atoms with Gasteiger partial charge in [-0.3, -0.25) is 9.59 Å². The van der Waals surface area contributed by atoms with Gasteiger partial charge in [0, 0.05) is 0 Å². The van der Waals surface area contributed by atoms with E-state index in [0.29, 0.717) is 27.7 Å². The smallest absolute Gasteiger partial charge is 0.311 e. The lowest BCUT2D eigenvalue weighted by Gasteiger charge is -2.08. The molecule has 0 bridgehead atoms. The quantitative estimate of drug-likeness (QED) is 0.686. The number of rotatable bonds is 3. The van der Waals surface area contributed by atoms with Gasteiger partial charge in [-0.25, -0.2) is 10.1 Å². The molecule has 2 aromatic rings. The first-order valence-corrected chi connectivity index (χ1v) is 6.62. The van der Waals surface area contributed by atoms with Gasteiger partial charge >= 0.3 is 5.97 Å². The first-order chi connectivity index (χ1) is 9.60. The van der Waals surface area contributed by atoms with E-state index in [2.05, 4.69) is 19.9 Å². The number of hydrogen-bond acceptors (Lipinski definition) is 5. The number of halogens is 1. The summed E-state index contributed by atoms with van der Waals surface area (Å²) in [4.78, 5) is 27.6. The summed E-state index contributed by atoms with van der Waals surface area (Å²) in [5, 5.41) is 7.10. The van der Waals surface area contributed by atoms with E-state index in [-0.39, 0.29) is 12.0 Å². The van der Waals surface area contributed by atoms with Gasteiger partial charge < -0.3 is 4.74 Å². The van der Waals surface area contributed by atoms with Crippen molar-refractivity contribution in [1.82, 2.24) is 15.2 Å². The highest BCUT2D eigenvalue weighted by Crippen LogP contribution is 2.42. The summed E-state index contributed by atoms with van der Waals surface area (Å²) in [6, 6.07) is 1.72. The number of nitrogens with zero attached hydrogens (tertiary/aromatic N) is 2. The Morgan fingerprint density at radius 2 is 2.30 bits per heavy atom. The summed E-state index contributed by atoms with van der Waals surface area (Å²) in [6.45, 7) is 0. The zero-order valence-corrected chi connectivity index (χ0v) is 11.5. The summed E-state index contributed by atoms with van der Waals surface area (Å²) in [7, 11) is 1.30. The zero-order chi connectivity index (χ0) is 14.3. The molecule has 0 spiro atoms. The molecule has 0 aromatic carbocycles. The molecule has 1 aliphatic rings. The van der Waals surface area contributed by atoms with Crippen LogP contribution in [0.4, 0.5) is 0 Å². The summed E-state index contributed by atoms with van der Waals surface area (Å²) < 4.78 is 4.62. The van der Waals surface area contributed by atoms with Crippen LogP contribution < -0.4 is 5.56 Å². The van der Waals surface area contributed by atoms with Gasteiger partial charge in [0.1, 0.15) is 10.7 Å². The van der Waals surface area contributed by atoms with Crippen molar-refractivity contribution in [2.45, 2.75) is 25.2 Å². The number of aromatic amines is 1. The number of fused-ring (bicyclic) bond motifs is 1. The van der Waals surface area contributed by atoms with Gasteiger partial charge in [-0.05, 0) is 30.4 Å². The minimum Gasteiger partial charge on any atom is -0.469 e. The molecule has 0 saturated heterocycles. The third-order valence-electron chi connectivity index (χ3n) is 3.37. The fourth-order valence-corrected chi connectivity index (χ4v) is 2.46. The molecule has 0 radical (unpaired) electrons. The second-order valence-electron chi connectivity index (χ2n) is 4.78. The molecule has 0 amide bonds. The van der Waals surface area contributed by atoms with Gasteiger partial charge in [0.2, 0.25) is 0 Å². The average Bonchev–Trinajstić information content (AvgIpc) is 3.25. The maximum Gasteiger partial charge on any atom is 0.311 e. The Labute approximate surface area is 119 Å². The van der Waals surface area contributed by atoms with Crippen molar-refractivity contribution in [2.75, 3.05) is 7.11 Å². The van der Waals surface area contributed by atoms with Crippen LogP contribution in [0.15, 0.2) is 10.9 Å². The average molecular weight is 294 g/mol. The molecule has 7 heteroatoms. The monoisotopic (exact) mass is 293 g/mol. The van der Waals surface area contributed by atoms with Crippen LogP contribution in [0.5, 0.6) is 0 Å². The Bertz CT molecular complexity index is 752. The van der Waals surface area contributed by atoms with E-state index in [1.54, 1.807) is 6.07 Å². The Morgan fingerprint density at radius 1 is 1.55 bits per heavy atom. The molecular formula is C13H12ClN3O3. The third kappa shape index (κ3) is 2.27. The molecule has 1 aliphatic carbocycles. The second-order valence-corrected chi connectivity index (χ2v) is 5.17. The molecule has 3 rings (SSSR count). The van der Waals surface area contributed by atoms with Gasteiger partial charge in [0.05, 0.1) is 24.6 Å². The second kappa shape index (κ2) is 4.86. The minimum absolute atomic E-state index is 0.0543. The number of hydrogen-bond donors (Lipinski definition) is 1. The van der Waals surface area contributed by atoms with Crippen LogP contribution in [0.3, 0.4) is 0 Å². The molecule has 1 fully saturated rings. The van der Waals surface area contributed by atoms with Gasteiger partial charge in [0.25, 0.3) is 5.56 Å². The van der Waals surface area contributed by atoms with E-state index >= 15 is 0 Å². The number of H-pyrrole nitrogens is 1. The number of nitrogens with one attached hydrogen (secondary N) is 1. The molecule has 0 unspecified atom stereocenters. The van der Waals surface area contributed by atoms with Crippen molar-refractivity contribution >= 4 is 28.5 Å². The van der Waals surface area contributed by atoms with Crippen molar-refractivity contribution in [3.8, 4) is 0 Å². The van der Waals surface area contributed by atoms with Crippen molar-refractivity contribution in [3.05, 3.63) is 32.8 Å². The molecule has 0 atom stereocenters.